The van der Waals surface area contributed by atoms with Crippen molar-refractivity contribution in [2.75, 3.05) is 6.61 Å². The molecular formula is C5H12MnO. The summed E-state index contributed by atoms with van der Waals surface area (Å²) in [6.07, 6.45) is 3.33. The van der Waals surface area contributed by atoms with E-state index in [0.29, 0.717) is 6.61 Å². The third kappa shape index (κ3) is 10.7. The minimum absolute atomic E-state index is 0. The molecule has 0 saturated carbocycles. The third-order valence-corrected chi connectivity index (χ3v) is 0.762. The van der Waals surface area contributed by atoms with Gasteiger partial charge in [0.1, 0.15) is 0 Å². The van der Waals surface area contributed by atoms with Crippen LogP contribution in [0.4, 0.5) is 0 Å². The van der Waals surface area contributed by atoms with Crippen molar-refractivity contribution in [2.45, 2.75) is 26.2 Å². The Balaban J connectivity index is 0. The average Bonchev–Trinajstić information content (AvgIpc) is 1.61. The Hall–Kier alpha value is 0.479. The predicted octanol–water partition coefficient (Wildman–Crippen LogP) is 1.17. The summed E-state index contributed by atoms with van der Waals surface area (Å²) in [6.45, 7) is 2.48. The van der Waals surface area contributed by atoms with Crippen LogP contribution in [0.1, 0.15) is 26.2 Å². The second-order valence-corrected chi connectivity index (χ2v) is 1.43. The van der Waals surface area contributed by atoms with E-state index in [4.69, 9.17) is 5.11 Å². The molecular weight excluding hydrogens is 131 g/mol. The fourth-order valence-corrected chi connectivity index (χ4v) is 0.362. The number of unbranched alkanes of at least 4 members (excludes halogenated alkanes) is 2. The Bertz CT molecular complexity index is 20.0. The molecule has 0 atom stereocenters. The summed E-state index contributed by atoms with van der Waals surface area (Å²) < 4.78 is 0. The molecule has 0 aliphatic heterocycles. The Labute approximate surface area is 55.6 Å². The van der Waals surface area contributed by atoms with Crippen molar-refractivity contribution >= 4 is 0 Å². The standard InChI is InChI=1S/C5H12O.Mn/c1-2-3-4-5-6;/h6H,2-5H2,1H3;. The average molecular weight is 143 g/mol. The van der Waals surface area contributed by atoms with Crippen molar-refractivity contribution < 1.29 is 22.2 Å². The van der Waals surface area contributed by atoms with Gasteiger partial charge >= 0.3 is 0 Å². The number of aliphatic hydroxyl groups excluding tert-OH is 1. The molecule has 0 rings (SSSR count). The second kappa shape index (κ2) is 9.70. The molecule has 0 unspecified atom stereocenters. The molecule has 0 aromatic carbocycles. The van der Waals surface area contributed by atoms with E-state index < -0.39 is 0 Å². The largest absolute Gasteiger partial charge is 0.396 e. The van der Waals surface area contributed by atoms with Crippen LogP contribution in [0.3, 0.4) is 0 Å². The molecule has 7 heavy (non-hydrogen) atoms. The third-order valence-electron chi connectivity index (χ3n) is 0.762. The first-order chi connectivity index (χ1) is 2.91. The van der Waals surface area contributed by atoms with Gasteiger partial charge in [-0.05, 0) is 6.42 Å². The van der Waals surface area contributed by atoms with E-state index in [1.54, 1.807) is 0 Å². The Morgan fingerprint density at radius 2 is 1.86 bits per heavy atom. The van der Waals surface area contributed by atoms with E-state index in [1.807, 2.05) is 0 Å². The molecule has 0 saturated heterocycles. The SMILES string of the molecule is CCCCCO.[Mn]. The summed E-state index contributed by atoms with van der Waals surface area (Å²) >= 11 is 0. The van der Waals surface area contributed by atoms with Gasteiger partial charge in [0.15, 0.2) is 0 Å². The van der Waals surface area contributed by atoms with Gasteiger partial charge in [-0.3, -0.25) is 0 Å². The van der Waals surface area contributed by atoms with Crippen LogP contribution < -0.4 is 0 Å². The zero-order chi connectivity index (χ0) is 4.83. The first-order valence-electron chi connectivity index (χ1n) is 2.52. The summed E-state index contributed by atoms with van der Waals surface area (Å²) in [5.74, 6) is 0. The monoisotopic (exact) mass is 143 g/mol. The van der Waals surface area contributed by atoms with Crippen molar-refractivity contribution in [3.05, 3.63) is 0 Å². The number of hydrogen-bond acceptors (Lipinski definition) is 1. The Kier molecular flexibility index (Phi) is 14.5. The van der Waals surface area contributed by atoms with Gasteiger partial charge in [-0.15, -0.1) is 0 Å². The summed E-state index contributed by atoms with van der Waals surface area (Å²) in [5, 5.41) is 8.20. The minimum Gasteiger partial charge on any atom is -0.396 e. The maximum absolute atomic E-state index is 8.20. The molecule has 45 valence electrons. The molecule has 0 bridgehead atoms. The van der Waals surface area contributed by atoms with Gasteiger partial charge < -0.3 is 5.11 Å². The summed E-state index contributed by atoms with van der Waals surface area (Å²) in [5.41, 5.74) is 0. The quantitative estimate of drug-likeness (QED) is 0.464. The summed E-state index contributed by atoms with van der Waals surface area (Å²) in [7, 11) is 0. The van der Waals surface area contributed by atoms with E-state index in [1.165, 1.54) is 6.42 Å². The Morgan fingerprint density at radius 1 is 1.29 bits per heavy atom. The van der Waals surface area contributed by atoms with Crippen molar-refractivity contribution in [2.24, 2.45) is 0 Å². The van der Waals surface area contributed by atoms with E-state index >= 15 is 0 Å². The van der Waals surface area contributed by atoms with Crippen molar-refractivity contribution in [3.8, 4) is 0 Å². The van der Waals surface area contributed by atoms with E-state index in [9.17, 15) is 0 Å². The van der Waals surface area contributed by atoms with Gasteiger partial charge in [0.25, 0.3) is 0 Å². The zero-order valence-electron chi connectivity index (χ0n) is 4.65. The minimum atomic E-state index is 0. The van der Waals surface area contributed by atoms with Gasteiger partial charge in [-0.2, -0.15) is 0 Å². The Morgan fingerprint density at radius 3 is 2.00 bits per heavy atom. The maximum atomic E-state index is 8.20. The molecule has 0 aliphatic carbocycles. The molecule has 1 nitrogen and oxygen atoms in total. The molecule has 2 heteroatoms. The van der Waals surface area contributed by atoms with Gasteiger partial charge in [0.05, 0.1) is 0 Å². The van der Waals surface area contributed by atoms with E-state index in [-0.39, 0.29) is 17.1 Å². The fraction of sp³-hybridized carbons (Fsp3) is 1.00. The van der Waals surface area contributed by atoms with Gasteiger partial charge in [-0.25, -0.2) is 0 Å². The smallest absolute Gasteiger partial charge is 0.0431 e. The van der Waals surface area contributed by atoms with E-state index in [2.05, 4.69) is 6.92 Å². The normalized spacial score (nSPS) is 7.71. The topological polar surface area (TPSA) is 20.2 Å². The molecule has 0 heterocycles. The molecule has 0 aromatic rings. The fourth-order valence-electron chi connectivity index (χ4n) is 0.362. The number of aliphatic hydroxyl groups is 1. The van der Waals surface area contributed by atoms with Crippen molar-refractivity contribution in [1.82, 2.24) is 0 Å². The molecule has 0 amide bonds. The predicted molar refractivity (Wildman–Crippen MR) is 26.6 cm³/mol. The van der Waals surface area contributed by atoms with Crippen LogP contribution in [0.15, 0.2) is 0 Å². The van der Waals surface area contributed by atoms with Crippen LogP contribution in [-0.2, 0) is 17.1 Å². The number of rotatable bonds is 3. The van der Waals surface area contributed by atoms with Crippen LogP contribution in [0.5, 0.6) is 0 Å². The molecule has 1 N–H and O–H groups in total. The molecule has 0 aliphatic rings. The molecule has 0 spiro atoms. The van der Waals surface area contributed by atoms with Crippen LogP contribution in [0, 0.1) is 0 Å². The molecule has 1 radical (unpaired) electrons. The maximum Gasteiger partial charge on any atom is 0.0431 e. The van der Waals surface area contributed by atoms with E-state index in [0.717, 1.165) is 12.8 Å². The van der Waals surface area contributed by atoms with Crippen LogP contribution in [-0.4, -0.2) is 11.7 Å². The van der Waals surface area contributed by atoms with Gasteiger partial charge in [0.2, 0.25) is 0 Å². The van der Waals surface area contributed by atoms with Crippen molar-refractivity contribution in [1.29, 1.82) is 0 Å². The molecule has 0 aromatic heterocycles. The first kappa shape index (κ1) is 10.5. The number of hydrogen-bond donors (Lipinski definition) is 1. The second-order valence-electron chi connectivity index (χ2n) is 1.43. The first-order valence-corrected chi connectivity index (χ1v) is 2.52. The van der Waals surface area contributed by atoms with Gasteiger partial charge in [0, 0.05) is 23.7 Å². The van der Waals surface area contributed by atoms with Crippen LogP contribution >= 0.6 is 0 Å². The van der Waals surface area contributed by atoms with Gasteiger partial charge in [-0.1, -0.05) is 19.8 Å². The summed E-state index contributed by atoms with van der Waals surface area (Å²) in [6, 6.07) is 0. The van der Waals surface area contributed by atoms with Crippen LogP contribution in [0.2, 0.25) is 0 Å². The van der Waals surface area contributed by atoms with Crippen molar-refractivity contribution in [3.63, 3.8) is 0 Å². The zero-order valence-corrected chi connectivity index (χ0v) is 5.83. The summed E-state index contributed by atoms with van der Waals surface area (Å²) in [4.78, 5) is 0. The molecule has 0 fully saturated rings. The van der Waals surface area contributed by atoms with Crippen LogP contribution in [0.25, 0.3) is 0 Å².